The number of rotatable bonds is 7. The lowest BCUT2D eigenvalue weighted by Gasteiger charge is -2.35. The molecule has 1 aliphatic heterocycles. The molecule has 0 aliphatic carbocycles. The minimum Gasteiger partial charge on any atom is -0.286 e. The van der Waals surface area contributed by atoms with Crippen LogP contribution in [0.5, 0.6) is 0 Å². The first kappa shape index (κ1) is 15.5. The van der Waals surface area contributed by atoms with E-state index in [4.69, 9.17) is 0 Å². The summed E-state index contributed by atoms with van der Waals surface area (Å²) in [6, 6.07) is 2.59. The maximum absolute atomic E-state index is 9.54. The molecule has 18 heavy (non-hydrogen) atoms. The van der Waals surface area contributed by atoms with Crippen LogP contribution >= 0.6 is 0 Å². The second-order valence-electron chi connectivity index (χ2n) is 5.95. The zero-order valence-corrected chi connectivity index (χ0v) is 12.4. The monoisotopic (exact) mass is 250 g/mol. The zero-order valence-electron chi connectivity index (χ0n) is 12.4. The molecule has 1 unspecified atom stereocenters. The van der Waals surface area contributed by atoms with Gasteiger partial charge >= 0.3 is 0 Å². The highest BCUT2D eigenvalue weighted by Gasteiger charge is 2.31. The van der Waals surface area contributed by atoms with E-state index in [-0.39, 0.29) is 5.54 Å². The third-order valence-electron chi connectivity index (χ3n) is 4.31. The summed E-state index contributed by atoms with van der Waals surface area (Å²) in [4.78, 5) is 2.44. The highest BCUT2D eigenvalue weighted by Crippen LogP contribution is 2.25. The van der Waals surface area contributed by atoms with E-state index in [2.05, 4.69) is 24.8 Å². The number of nitrogens with zero attached hydrogens (tertiary/aromatic N) is 2. The molecule has 1 fully saturated rings. The van der Waals surface area contributed by atoms with E-state index in [9.17, 15) is 5.26 Å². The summed E-state index contributed by atoms with van der Waals surface area (Å²) in [5, 5.41) is 9.54. The van der Waals surface area contributed by atoms with Gasteiger partial charge in [0, 0.05) is 0 Å². The van der Waals surface area contributed by atoms with Crippen LogP contribution < -0.4 is 0 Å². The van der Waals surface area contributed by atoms with E-state index < -0.39 is 0 Å². The van der Waals surface area contributed by atoms with E-state index in [0.717, 1.165) is 19.5 Å². The molecule has 0 radical (unpaired) electrons. The molecule has 1 saturated heterocycles. The molecule has 0 aromatic heterocycles. The Balaban J connectivity index is 2.37. The summed E-state index contributed by atoms with van der Waals surface area (Å²) in [5.41, 5.74) is -0.212. The van der Waals surface area contributed by atoms with E-state index >= 15 is 0 Å². The molecular weight excluding hydrogens is 220 g/mol. The van der Waals surface area contributed by atoms with Crippen LogP contribution in [0, 0.1) is 11.3 Å². The molecule has 2 nitrogen and oxygen atoms in total. The molecule has 2 heteroatoms. The van der Waals surface area contributed by atoms with E-state index in [1.54, 1.807) is 0 Å². The van der Waals surface area contributed by atoms with Crippen molar-refractivity contribution in [2.75, 3.05) is 13.1 Å². The number of likely N-dealkylation sites (tertiary alicyclic amines) is 1. The quantitative estimate of drug-likeness (QED) is 0.622. The smallest absolute Gasteiger partial charge is 0.106 e. The number of hydrogen-bond donors (Lipinski definition) is 0. The Kier molecular flexibility index (Phi) is 7.35. The van der Waals surface area contributed by atoms with Crippen molar-refractivity contribution < 1.29 is 0 Å². The summed E-state index contributed by atoms with van der Waals surface area (Å²) in [7, 11) is 0. The van der Waals surface area contributed by atoms with Gasteiger partial charge in [0.05, 0.1) is 6.07 Å². The molecule has 0 N–H and O–H groups in total. The fourth-order valence-corrected chi connectivity index (χ4v) is 2.92. The summed E-state index contributed by atoms with van der Waals surface area (Å²) in [6.45, 7) is 6.65. The fourth-order valence-electron chi connectivity index (χ4n) is 2.92. The second kappa shape index (κ2) is 8.53. The summed E-state index contributed by atoms with van der Waals surface area (Å²) >= 11 is 0. The predicted molar refractivity (Wildman–Crippen MR) is 77.4 cm³/mol. The predicted octanol–water partition coefficient (Wildman–Crippen LogP) is 4.51. The molecule has 0 spiro atoms. The standard InChI is InChI=1S/C16H30N2/c1-3-4-5-6-9-12-16(2,15-17)18-13-10-7-8-11-14-18/h3-14H2,1-2H3. The molecule has 0 saturated carbocycles. The van der Waals surface area contributed by atoms with Crippen molar-refractivity contribution in [1.82, 2.24) is 4.90 Å². The highest BCUT2D eigenvalue weighted by molar-refractivity contribution is 5.05. The molecule has 104 valence electrons. The van der Waals surface area contributed by atoms with Gasteiger partial charge in [0.2, 0.25) is 0 Å². The molecular formula is C16H30N2. The van der Waals surface area contributed by atoms with Gasteiger partial charge in [-0.3, -0.25) is 4.90 Å². The van der Waals surface area contributed by atoms with Gasteiger partial charge in [0.25, 0.3) is 0 Å². The SMILES string of the molecule is CCCCCCCC(C)(C#N)N1CCCCCC1. The molecule has 0 aromatic carbocycles. The van der Waals surface area contributed by atoms with Gasteiger partial charge in [-0.1, -0.05) is 51.9 Å². The number of nitriles is 1. The Morgan fingerprint density at radius 1 is 1.00 bits per heavy atom. The largest absolute Gasteiger partial charge is 0.286 e. The lowest BCUT2D eigenvalue weighted by Crippen LogP contribution is -2.45. The minimum absolute atomic E-state index is 0.212. The van der Waals surface area contributed by atoms with Crippen LogP contribution in [0.4, 0.5) is 0 Å². The Bertz CT molecular complexity index is 248. The van der Waals surface area contributed by atoms with Gasteiger partial charge in [0.1, 0.15) is 5.54 Å². The second-order valence-corrected chi connectivity index (χ2v) is 5.95. The van der Waals surface area contributed by atoms with Crippen LogP contribution in [0.15, 0.2) is 0 Å². The molecule has 0 amide bonds. The fraction of sp³-hybridized carbons (Fsp3) is 0.938. The first-order chi connectivity index (χ1) is 8.73. The Morgan fingerprint density at radius 3 is 2.17 bits per heavy atom. The van der Waals surface area contributed by atoms with E-state index in [0.29, 0.717) is 0 Å². The van der Waals surface area contributed by atoms with Crippen molar-refractivity contribution in [2.45, 2.75) is 83.6 Å². The van der Waals surface area contributed by atoms with Crippen LogP contribution in [-0.4, -0.2) is 23.5 Å². The summed E-state index contributed by atoms with van der Waals surface area (Å²) in [6.07, 6.45) is 12.7. The first-order valence-corrected chi connectivity index (χ1v) is 7.89. The van der Waals surface area contributed by atoms with Crippen LogP contribution in [-0.2, 0) is 0 Å². The molecule has 0 aromatic rings. The van der Waals surface area contributed by atoms with Crippen molar-refractivity contribution >= 4 is 0 Å². The van der Waals surface area contributed by atoms with Gasteiger partial charge in [-0.05, 0) is 39.3 Å². The average Bonchev–Trinajstić information content (AvgIpc) is 2.67. The minimum atomic E-state index is -0.212. The average molecular weight is 250 g/mol. The van der Waals surface area contributed by atoms with E-state index in [1.165, 1.54) is 57.8 Å². The maximum atomic E-state index is 9.54. The lowest BCUT2D eigenvalue weighted by molar-refractivity contribution is 0.145. The molecule has 1 atom stereocenters. The third kappa shape index (κ3) is 4.98. The van der Waals surface area contributed by atoms with Gasteiger partial charge in [0.15, 0.2) is 0 Å². The molecule has 1 rings (SSSR count). The van der Waals surface area contributed by atoms with Gasteiger partial charge in [-0.15, -0.1) is 0 Å². The van der Waals surface area contributed by atoms with E-state index in [1.807, 2.05) is 0 Å². The lowest BCUT2D eigenvalue weighted by atomic mass is 9.93. The number of unbranched alkanes of at least 4 members (excludes halogenated alkanes) is 4. The zero-order chi connectivity index (χ0) is 13.3. The topological polar surface area (TPSA) is 27.0 Å². The molecule has 0 bridgehead atoms. The van der Waals surface area contributed by atoms with Gasteiger partial charge < -0.3 is 0 Å². The maximum Gasteiger partial charge on any atom is 0.106 e. The normalized spacial score (nSPS) is 20.9. The molecule has 1 heterocycles. The Morgan fingerprint density at radius 2 is 1.61 bits per heavy atom. The van der Waals surface area contributed by atoms with Crippen LogP contribution in [0.2, 0.25) is 0 Å². The van der Waals surface area contributed by atoms with Crippen molar-refractivity contribution in [3.05, 3.63) is 0 Å². The van der Waals surface area contributed by atoms with Crippen molar-refractivity contribution in [1.29, 1.82) is 5.26 Å². The van der Waals surface area contributed by atoms with Crippen molar-refractivity contribution in [2.24, 2.45) is 0 Å². The van der Waals surface area contributed by atoms with Crippen LogP contribution in [0.3, 0.4) is 0 Å². The van der Waals surface area contributed by atoms with Gasteiger partial charge in [-0.25, -0.2) is 0 Å². The number of hydrogen-bond acceptors (Lipinski definition) is 2. The molecule has 1 aliphatic rings. The summed E-state index contributed by atoms with van der Waals surface area (Å²) in [5.74, 6) is 0. The summed E-state index contributed by atoms with van der Waals surface area (Å²) < 4.78 is 0. The van der Waals surface area contributed by atoms with Gasteiger partial charge in [-0.2, -0.15) is 5.26 Å². The van der Waals surface area contributed by atoms with Crippen molar-refractivity contribution in [3.63, 3.8) is 0 Å². The first-order valence-electron chi connectivity index (χ1n) is 7.89. The third-order valence-corrected chi connectivity index (χ3v) is 4.31. The van der Waals surface area contributed by atoms with Crippen LogP contribution in [0.1, 0.15) is 78.1 Å². The Hall–Kier alpha value is -0.550. The van der Waals surface area contributed by atoms with Crippen LogP contribution in [0.25, 0.3) is 0 Å². The van der Waals surface area contributed by atoms with Crippen molar-refractivity contribution in [3.8, 4) is 6.07 Å². The Labute approximate surface area is 113 Å². The highest BCUT2D eigenvalue weighted by atomic mass is 15.2.